The molecule has 1 amide bonds. The number of likely N-dealkylation sites (tertiary alicyclic amines) is 1. The van der Waals surface area contributed by atoms with Crippen molar-refractivity contribution in [2.75, 3.05) is 25.2 Å². The Labute approximate surface area is 83.5 Å². The Morgan fingerprint density at radius 1 is 1.69 bits per heavy atom. The minimum absolute atomic E-state index is 0.0920. The maximum absolute atomic E-state index is 11.6. The monoisotopic (exact) mass is 203 g/mol. The van der Waals surface area contributed by atoms with E-state index in [-0.39, 0.29) is 18.6 Å². The number of hydrogen-bond donors (Lipinski definition) is 1. The SMILES string of the molecule is CSCCC(=O)N1CCC[C@@H]1CO. The fraction of sp³-hybridized carbons (Fsp3) is 0.889. The smallest absolute Gasteiger partial charge is 0.223 e. The van der Waals surface area contributed by atoms with E-state index in [9.17, 15) is 4.79 Å². The molecule has 1 saturated heterocycles. The van der Waals surface area contributed by atoms with Crippen molar-refractivity contribution in [2.24, 2.45) is 0 Å². The predicted octanol–water partition coefficient (Wildman–Crippen LogP) is 0.723. The fourth-order valence-corrected chi connectivity index (χ4v) is 2.07. The molecule has 0 spiro atoms. The van der Waals surface area contributed by atoms with Crippen LogP contribution in [0.3, 0.4) is 0 Å². The first-order valence-corrected chi connectivity index (χ1v) is 6.08. The molecule has 1 N–H and O–H groups in total. The lowest BCUT2D eigenvalue weighted by molar-refractivity contribution is -0.132. The van der Waals surface area contributed by atoms with Gasteiger partial charge in [0.25, 0.3) is 0 Å². The molecule has 1 heterocycles. The van der Waals surface area contributed by atoms with Crippen molar-refractivity contribution >= 4 is 17.7 Å². The van der Waals surface area contributed by atoms with Crippen LogP contribution in [0.25, 0.3) is 0 Å². The van der Waals surface area contributed by atoms with Crippen molar-refractivity contribution in [3.8, 4) is 0 Å². The second kappa shape index (κ2) is 5.50. The predicted molar refractivity (Wildman–Crippen MR) is 54.8 cm³/mol. The second-order valence-corrected chi connectivity index (χ2v) is 4.29. The number of thioether (sulfide) groups is 1. The summed E-state index contributed by atoms with van der Waals surface area (Å²) in [7, 11) is 0. The van der Waals surface area contributed by atoms with Crippen molar-refractivity contribution in [1.29, 1.82) is 0 Å². The van der Waals surface area contributed by atoms with Crippen LogP contribution >= 0.6 is 11.8 Å². The molecule has 3 nitrogen and oxygen atoms in total. The van der Waals surface area contributed by atoms with Gasteiger partial charge < -0.3 is 10.0 Å². The van der Waals surface area contributed by atoms with Crippen molar-refractivity contribution in [1.82, 2.24) is 4.90 Å². The number of carbonyl (C=O) groups excluding carboxylic acids is 1. The third-order valence-electron chi connectivity index (χ3n) is 2.43. The van der Waals surface area contributed by atoms with Crippen LogP contribution in [0.15, 0.2) is 0 Å². The summed E-state index contributed by atoms with van der Waals surface area (Å²) >= 11 is 1.69. The van der Waals surface area contributed by atoms with Crippen LogP contribution in [0.2, 0.25) is 0 Å². The van der Waals surface area contributed by atoms with Gasteiger partial charge in [0.15, 0.2) is 0 Å². The first kappa shape index (κ1) is 10.9. The van der Waals surface area contributed by atoms with Crippen molar-refractivity contribution in [3.63, 3.8) is 0 Å². The molecule has 0 unspecified atom stereocenters. The molecule has 76 valence electrons. The Balaban J connectivity index is 2.36. The van der Waals surface area contributed by atoms with Gasteiger partial charge >= 0.3 is 0 Å². The van der Waals surface area contributed by atoms with E-state index in [4.69, 9.17) is 5.11 Å². The van der Waals surface area contributed by atoms with Crippen LogP contribution in [0.4, 0.5) is 0 Å². The lowest BCUT2D eigenvalue weighted by atomic mass is 10.2. The number of aliphatic hydroxyl groups is 1. The third kappa shape index (κ3) is 2.88. The quantitative estimate of drug-likeness (QED) is 0.732. The highest BCUT2D eigenvalue weighted by atomic mass is 32.2. The van der Waals surface area contributed by atoms with Gasteiger partial charge in [0.05, 0.1) is 12.6 Å². The standard InChI is InChI=1S/C9H17NO2S/c1-13-6-4-9(12)10-5-2-3-8(10)7-11/h8,11H,2-7H2,1H3/t8-/m1/s1. The third-order valence-corrected chi connectivity index (χ3v) is 3.04. The summed E-state index contributed by atoms with van der Waals surface area (Å²) in [6, 6.07) is 0.0920. The molecule has 1 aliphatic rings. The summed E-state index contributed by atoms with van der Waals surface area (Å²) in [6.45, 7) is 0.948. The van der Waals surface area contributed by atoms with Crippen molar-refractivity contribution in [3.05, 3.63) is 0 Å². The van der Waals surface area contributed by atoms with Crippen molar-refractivity contribution < 1.29 is 9.90 Å². The molecular weight excluding hydrogens is 186 g/mol. The highest BCUT2D eigenvalue weighted by molar-refractivity contribution is 7.98. The lowest BCUT2D eigenvalue weighted by Gasteiger charge is -2.22. The number of carbonyl (C=O) groups is 1. The topological polar surface area (TPSA) is 40.5 Å². The minimum atomic E-state index is 0.0920. The molecule has 0 aromatic rings. The fourth-order valence-electron chi connectivity index (χ4n) is 1.69. The van der Waals surface area contributed by atoms with Crippen LogP contribution in [0.1, 0.15) is 19.3 Å². The lowest BCUT2D eigenvalue weighted by Crippen LogP contribution is -2.37. The molecule has 0 aromatic carbocycles. The Morgan fingerprint density at radius 3 is 3.08 bits per heavy atom. The minimum Gasteiger partial charge on any atom is -0.394 e. The molecule has 1 atom stereocenters. The molecule has 0 radical (unpaired) electrons. The number of rotatable bonds is 4. The van der Waals surface area contributed by atoms with E-state index in [1.165, 1.54) is 0 Å². The molecule has 4 heteroatoms. The van der Waals surface area contributed by atoms with E-state index in [2.05, 4.69) is 0 Å². The molecule has 1 fully saturated rings. The number of nitrogens with zero attached hydrogens (tertiary/aromatic N) is 1. The average molecular weight is 203 g/mol. The molecule has 0 aromatic heterocycles. The van der Waals surface area contributed by atoms with Gasteiger partial charge in [-0.15, -0.1) is 0 Å². The van der Waals surface area contributed by atoms with Crippen LogP contribution in [-0.2, 0) is 4.79 Å². The highest BCUT2D eigenvalue weighted by Gasteiger charge is 2.27. The van der Waals surface area contributed by atoms with Gasteiger partial charge in [-0.3, -0.25) is 4.79 Å². The summed E-state index contributed by atoms with van der Waals surface area (Å²) in [5, 5.41) is 9.01. The van der Waals surface area contributed by atoms with E-state index in [0.717, 1.165) is 25.1 Å². The molecule has 0 aliphatic carbocycles. The molecule has 1 aliphatic heterocycles. The van der Waals surface area contributed by atoms with Gasteiger partial charge in [-0.2, -0.15) is 11.8 Å². The molecule has 0 bridgehead atoms. The van der Waals surface area contributed by atoms with E-state index < -0.39 is 0 Å². The zero-order chi connectivity index (χ0) is 9.68. The molecule has 1 rings (SSSR count). The van der Waals surface area contributed by atoms with Crippen LogP contribution in [-0.4, -0.2) is 47.1 Å². The van der Waals surface area contributed by atoms with Gasteiger partial charge in [-0.25, -0.2) is 0 Å². The van der Waals surface area contributed by atoms with Gasteiger partial charge in [-0.05, 0) is 19.1 Å². The number of amides is 1. The van der Waals surface area contributed by atoms with Gasteiger partial charge in [0, 0.05) is 18.7 Å². The molecule has 13 heavy (non-hydrogen) atoms. The number of hydrogen-bond acceptors (Lipinski definition) is 3. The van der Waals surface area contributed by atoms with Gasteiger partial charge in [-0.1, -0.05) is 0 Å². The van der Waals surface area contributed by atoms with Crippen LogP contribution in [0, 0.1) is 0 Å². The zero-order valence-corrected chi connectivity index (χ0v) is 8.85. The Bertz CT molecular complexity index is 175. The Hall–Kier alpha value is -0.220. The first-order valence-electron chi connectivity index (χ1n) is 4.69. The van der Waals surface area contributed by atoms with Gasteiger partial charge in [0.1, 0.15) is 0 Å². The maximum atomic E-state index is 11.6. The van der Waals surface area contributed by atoms with Gasteiger partial charge in [0.2, 0.25) is 5.91 Å². The Kier molecular flexibility index (Phi) is 4.59. The zero-order valence-electron chi connectivity index (χ0n) is 8.03. The average Bonchev–Trinajstić information content (AvgIpc) is 2.61. The molecular formula is C9H17NO2S. The molecule has 0 saturated carbocycles. The summed E-state index contributed by atoms with van der Waals surface area (Å²) in [5.41, 5.74) is 0. The van der Waals surface area contributed by atoms with Crippen molar-refractivity contribution in [2.45, 2.75) is 25.3 Å². The maximum Gasteiger partial charge on any atom is 0.223 e. The Morgan fingerprint density at radius 2 is 2.46 bits per heavy atom. The summed E-state index contributed by atoms with van der Waals surface area (Å²) in [6.07, 6.45) is 4.61. The summed E-state index contributed by atoms with van der Waals surface area (Å²) in [4.78, 5) is 13.4. The van der Waals surface area contributed by atoms with E-state index in [1.54, 1.807) is 11.8 Å². The number of aliphatic hydroxyl groups excluding tert-OH is 1. The largest absolute Gasteiger partial charge is 0.394 e. The first-order chi connectivity index (χ1) is 6.29. The van der Waals surface area contributed by atoms with E-state index >= 15 is 0 Å². The summed E-state index contributed by atoms with van der Waals surface area (Å²) in [5.74, 6) is 1.08. The highest BCUT2D eigenvalue weighted by Crippen LogP contribution is 2.17. The summed E-state index contributed by atoms with van der Waals surface area (Å²) < 4.78 is 0. The second-order valence-electron chi connectivity index (χ2n) is 3.31. The van der Waals surface area contributed by atoms with Crippen LogP contribution < -0.4 is 0 Å². The van der Waals surface area contributed by atoms with Crippen LogP contribution in [0.5, 0.6) is 0 Å². The van der Waals surface area contributed by atoms with E-state index in [1.807, 2.05) is 11.2 Å². The normalized spacial score (nSPS) is 22.3. The van der Waals surface area contributed by atoms with E-state index in [0.29, 0.717) is 6.42 Å².